The van der Waals surface area contributed by atoms with Gasteiger partial charge < -0.3 is 9.47 Å². The van der Waals surface area contributed by atoms with Crippen LogP contribution in [-0.2, 0) is 6.61 Å². The van der Waals surface area contributed by atoms with Gasteiger partial charge in [0.15, 0.2) is 0 Å². The van der Waals surface area contributed by atoms with Crippen LogP contribution in [0, 0.1) is 6.92 Å². The summed E-state index contributed by atoms with van der Waals surface area (Å²) in [5.41, 5.74) is 2.20. The van der Waals surface area contributed by atoms with Crippen LogP contribution < -0.4 is 9.47 Å². The summed E-state index contributed by atoms with van der Waals surface area (Å²) in [6, 6.07) is 11.9. The Kier molecular flexibility index (Phi) is 4.88. The first-order valence-electron chi connectivity index (χ1n) is 5.81. The average molecular weight is 386 g/mol. The Morgan fingerprint density at radius 1 is 1.00 bits per heavy atom. The monoisotopic (exact) mass is 384 g/mol. The van der Waals surface area contributed by atoms with Gasteiger partial charge in [0.1, 0.15) is 18.1 Å². The molecule has 0 aliphatic carbocycles. The topological polar surface area (TPSA) is 18.5 Å². The molecule has 2 aromatic carbocycles. The fraction of sp³-hybridized carbons (Fsp3) is 0.200. The molecule has 0 N–H and O–H groups in total. The SMILES string of the molecule is COc1ccc(Br)cc1COc1ccc(C)cc1Br. The van der Waals surface area contributed by atoms with Gasteiger partial charge in [-0.3, -0.25) is 0 Å². The zero-order valence-corrected chi connectivity index (χ0v) is 13.9. The van der Waals surface area contributed by atoms with Gasteiger partial charge in [-0.15, -0.1) is 0 Å². The first-order chi connectivity index (χ1) is 9.10. The number of ether oxygens (including phenoxy) is 2. The fourth-order valence-electron chi connectivity index (χ4n) is 1.74. The summed E-state index contributed by atoms with van der Waals surface area (Å²) >= 11 is 6.96. The predicted molar refractivity (Wildman–Crippen MR) is 83.9 cm³/mol. The number of rotatable bonds is 4. The van der Waals surface area contributed by atoms with Gasteiger partial charge in [0.2, 0.25) is 0 Å². The van der Waals surface area contributed by atoms with E-state index >= 15 is 0 Å². The lowest BCUT2D eigenvalue weighted by molar-refractivity contribution is 0.295. The van der Waals surface area contributed by atoms with E-state index in [1.807, 2.05) is 43.3 Å². The Morgan fingerprint density at radius 2 is 1.74 bits per heavy atom. The Bertz CT molecular complexity index is 582. The lowest BCUT2D eigenvalue weighted by atomic mass is 10.2. The third kappa shape index (κ3) is 3.74. The maximum absolute atomic E-state index is 5.83. The number of aryl methyl sites for hydroxylation is 1. The van der Waals surface area contributed by atoms with Crippen LogP contribution in [0.3, 0.4) is 0 Å². The largest absolute Gasteiger partial charge is 0.496 e. The van der Waals surface area contributed by atoms with Crippen molar-refractivity contribution in [1.82, 2.24) is 0 Å². The van der Waals surface area contributed by atoms with Crippen LogP contribution in [0.25, 0.3) is 0 Å². The Hall–Kier alpha value is -1.00. The van der Waals surface area contributed by atoms with Gasteiger partial charge in [-0.25, -0.2) is 0 Å². The lowest BCUT2D eigenvalue weighted by Gasteiger charge is -2.12. The summed E-state index contributed by atoms with van der Waals surface area (Å²) in [7, 11) is 1.66. The van der Waals surface area contributed by atoms with E-state index in [4.69, 9.17) is 9.47 Å². The van der Waals surface area contributed by atoms with Crippen molar-refractivity contribution in [2.75, 3.05) is 7.11 Å². The molecule has 19 heavy (non-hydrogen) atoms. The molecule has 0 aliphatic heterocycles. The highest BCUT2D eigenvalue weighted by Crippen LogP contribution is 2.29. The van der Waals surface area contributed by atoms with E-state index in [2.05, 4.69) is 31.9 Å². The van der Waals surface area contributed by atoms with Crippen LogP contribution in [0.5, 0.6) is 11.5 Å². The fourth-order valence-corrected chi connectivity index (χ4v) is 2.75. The molecule has 0 saturated carbocycles. The molecule has 2 aromatic rings. The number of halogens is 2. The molecule has 4 heteroatoms. The highest BCUT2D eigenvalue weighted by Gasteiger charge is 2.06. The van der Waals surface area contributed by atoms with Crippen molar-refractivity contribution >= 4 is 31.9 Å². The van der Waals surface area contributed by atoms with Crippen molar-refractivity contribution in [2.24, 2.45) is 0 Å². The molecule has 0 saturated heterocycles. The summed E-state index contributed by atoms with van der Waals surface area (Å²) < 4.78 is 13.1. The average Bonchev–Trinajstić information content (AvgIpc) is 2.38. The van der Waals surface area contributed by atoms with Crippen LogP contribution in [-0.4, -0.2) is 7.11 Å². The zero-order chi connectivity index (χ0) is 13.8. The molecule has 0 aliphatic rings. The molecular weight excluding hydrogens is 372 g/mol. The smallest absolute Gasteiger partial charge is 0.134 e. The van der Waals surface area contributed by atoms with Gasteiger partial charge >= 0.3 is 0 Å². The molecule has 2 nitrogen and oxygen atoms in total. The van der Waals surface area contributed by atoms with Gasteiger partial charge in [-0.05, 0) is 58.7 Å². The van der Waals surface area contributed by atoms with Crippen LogP contribution in [0.4, 0.5) is 0 Å². The minimum absolute atomic E-state index is 0.463. The van der Waals surface area contributed by atoms with Crippen molar-refractivity contribution in [3.05, 3.63) is 56.5 Å². The second-order valence-electron chi connectivity index (χ2n) is 4.18. The van der Waals surface area contributed by atoms with Crippen LogP contribution in [0.2, 0.25) is 0 Å². The summed E-state index contributed by atoms with van der Waals surface area (Å²) in [4.78, 5) is 0. The molecule has 100 valence electrons. The Morgan fingerprint density at radius 3 is 2.42 bits per heavy atom. The molecule has 0 amide bonds. The predicted octanol–water partition coefficient (Wildman–Crippen LogP) is 5.11. The summed E-state index contributed by atoms with van der Waals surface area (Å²) in [5.74, 6) is 1.65. The van der Waals surface area contributed by atoms with Crippen molar-refractivity contribution < 1.29 is 9.47 Å². The maximum Gasteiger partial charge on any atom is 0.134 e. The Balaban J connectivity index is 2.16. The first-order valence-corrected chi connectivity index (χ1v) is 7.40. The summed E-state index contributed by atoms with van der Waals surface area (Å²) in [5, 5.41) is 0. The third-order valence-electron chi connectivity index (χ3n) is 2.71. The van der Waals surface area contributed by atoms with Crippen molar-refractivity contribution in [3.63, 3.8) is 0 Å². The Labute approximate surface area is 130 Å². The maximum atomic E-state index is 5.83. The van der Waals surface area contributed by atoms with Crippen LogP contribution in [0.1, 0.15) is 11.1 Å². The molecular formula is C15H14Br2O2. The van der Waals surface area contributed by atoms with E-state index in [9.17, 15) is 0 Å². The van der Waals surface area contributed by atoms with E-state index in [1.165, 1.54) is 5.56 Å². The summed E-state index contributed by atoms with van der Waals surface area (Å²) in [6.45, 7) is 2.51. The molecule has 0 unspecified atom stereocenters. The molecule has 0 heterocycles. The number of benzene rings is 2. The summed E-state index contributed by atoms with van der Waals surface area (Å²) in [6.07, 6.45) is 0. The van der Waals surface area contributed by atoms with Gasteiger partial charge in [-0.1, -0.05) is 22.0 Å². The standard InChI is InChI=1S/C15H14Br2O2/c1-10-3-5-15(13(17)7-10)19-9-11-8-12(16)4-6-14(11)18-2/h3-8H,9H2,1-2H3. The van der Waals surface area contributed by atoms with E-state index in [-0.39, 0.29) is 0 Å². The number of hydrogen-bond donors (Lipinski definition) is 0. The van der Waals surface area contributed by atoms with Crippen molar-refractivity contribution in [2.45, 2.75) is 13.5 Å². The molecule has 0 aromatic heterocycles. The molecule has 0 fully saturated rings. The second-order valence-corrected chi connectivity index (χ2v) is 5.95. The normalized spacial score (nSPS) is 10.3. The quantitative estimate of drug-likeness (QED) is 0.728. The molecule has 2 rings (SSSR count). The molecule has 0 bridgehead atoms. The van der Waals surface area contributed by atoms with Crippen molar-refractivity contribution in [3.8, 4) is 11.5 Å². The van der Waals surface area contributed by atoms with E-state index in [0.717, 1.165) is 26.0 Å². The molecule has 0 spiro atoms. The number of methoxy groups -OCH3 is 1. The van der Waals surface area contributed by atoms with Crippen LogP contribution in [0.15, 0.2) is 45.3 Å². The van der Waals surface area contributed by atoms with Crippen LogP contribution >= 0.6 is 31.9 Å². The highest BCUT2D eigenvalue weighted by atomic mass is 79.9. The number of hydrogen-bond acceptors (Lipinski definition) is 2. The lowest BCUT2D eigenvalue weighted by Crippen LogP contribution is -1.99. The van der Waals surface area contributed by atoms with E-state index in [1.54, 1.807) is 7.11 Å². The van der Waals surface area contributed by atoms with Gasteiger partial charge in [0.25, 0.3) is 0 Å². The van der Waals surface area contributed by atoms with E-state index < -0.39 is 0 Å². The van der Waals surface area contributed by atoms with Gasteiger partial charge in [0.05, 0.1) is 11.6 Å². The molecule has 0 radical (unpaired) electrons. The van der Waals surface area contributed by atoms with Gasteiger partial charge in [-0.2, -0.15) is 0 Å². The minimum atomic E-state index is 0.463. The first kappa shape index (κ1) is 14.4. The third-order valence-corrected chi connectivity index (χ3v) is 3.83. The second kappa shape index (κ2) is 6.44. The zero-order valence-electron chi connectivity index (χ0n) is 10.7. The van der Waals surface area contributed by atoms with Gasteiger partial charge in [0, 0.05) is 10.0 Å². The van der Waals surface area contributed by atoms with Crippen molar-refractivity contribution in [1.29, 1.82) is 0 Å². The van der Waals surface area contributed by atoms with E-state index in [0.29, 0.717) is 6.61 Å². The minimum Gasteiger partial charge on any atom is -0.496 e. The highest BCUT2D eigenvalue weighted by molar-refractivity contribution is 9.10. The molecule has 0 atom stereocenters.